The second kappa shape index (κ2) is 18.6. The van der Waals surface area contributed by atoms with Crippen LogP contribution in [0.3, 0.4) is 0 Å². The molecule has 0 aliphatic carbocycles. The van der Waals surface area contributed by atoms with Gasteiger partial charge < -0.3 is 21.1 Å². The Labute approximate surface area is 224 Å². The summed E-state index contributed by atoms with van der Waals surface area (Å²) in [5, 5.41) is 31.5. The maximum atomic E-state index is 12.9. The molecule has 1 aromatic carbocycles. The van der Waals surface area contributed by atoms with Crippen molar-refractivity contribution < 1.29 is 24.7 Å². The van der Waals surface area contributed by atoms with E-state index in [9.17, 15) is 29.8 Å². The molecule has 6 N–H and O–H groups in total. The summed E-state index contributed by atoms with van der Waals surface area (Å²) < 4.78 is 0. The number of nitrogens with two attached hydrogens (primary N) is 1. The van der Waals surface area contributed by atoms with Crippen LogP contribution in [-0.2, 0) is 15.3 Å². The molecule has 0 saturated heterocycles. The fourth-order valence-electron chi connectivity index (χ4n) is 3.49. The van der Waals surface area contributed by atoms with Gasteiger partial charge in [0.15, 0.2) is 5.03 Å². The second-order valence-corrected chi connectivity index (χ2v) is 10.3. The molecule has 37 heavy (non-hydrogen) atoms. The maximum absolute atomic E-state index is 12.9. The van der Waals surface area contributed by atoms with Gasteiger partial charge in [-0.1, -0.05) is 56.5 Å². The van der Waals surface area contributed by atoms with Crippen molar-refractivity contribution in [3.05, 3.63) is 45.5 Å². The molecule has 0 fully saturated rings. The Morgan fingerprint density at radius 1 is 1.24 bits per heavy atom. The fourth-order valence-corrected chi connectivity index (χ4v) is 4.44. The van der Waals surface area contributed by atoms with Crippen LogP contribution in [0.15, 0.2) is 29.3 Å². The summed E-state index contributed by atoms with van der Waals surface area (Å²) in [4.78, 5) is 39.8. The van der Waals surface area contributed by atoms with E-state index in [0.717, 1.165) is 5.75 Å². The number of nitrogens with one attached hydrogen (secondary N) is 2. The van der Waals surface area contributed by atoms with E-state index in [0.29, 0.717) is 31.4 Å². The number of hydrazine groups is 1. The fraction of sp³-hybridized carbons (Fsp3) is 0.625. The molecule has 13 heteroatoms. The first-order valence-electron chi connectivity index (χ1n) is 12.0. The number of amides is 1. The predicted octanol–water partition coefficient (Wildman–Crippen LogP) is 2.25. The van der Waals surface area contributed by atoms with Crippen LogP contribution in [-0.4, -0.2) is 58.1 Å². The van der Waals surface area contributed by atoms with Gasteiger partial charge in [-0.2, -0.15) is 11.8 Å². The number of aliphatic imine (C=N–C) groups is 1. The lowest BCUT2D eigenvalue weighted by atomic mass is 9.74. The molecule has 0 aliphatic rings. The zero-order valence-electron chi connectivity index (χ0n) is 21.2. The molecule has 1 amide bonds. The summed E-state index contributed by atoms with van der Waals surface area (Å²) in [5.74, 6) is -0.840. The lowest BCUT2D eigenvalue weighted by Crippen LogP contribution is -2.49. The first kappa shape index (κ1) is 34.4. The number of hydrogen-bond acceptors (Lipinski definition) is 8. The SMILES string of the molecule is C.Cc1ccc(CSCCC(=O)C[C@@H](CCCN=C(N)N[N+](=O)[O-])C(=O)N[C@@H](CC(C)C)B(O)O)cc1. The standard InChI is InChI=1S/C23H38BN5O6S.CH4/c1-16(2)13-21(24(32)33)27-22(31)19(5-4-11-26-23(25)28-29(34)35)14-20(30)10-12-36-15-18-8-6-17(3)7-9-18;/h6-9,16,19,21,32-33H,4-5,10-15H2,1-3H3,(H,27,31)(H3,25,26,28);1H4/t19-,21+;/m1./s1. The molecule has 11 nitrogen and oxygen atoms in total. The second-order valence-electron chi connectivity index (χ2n) is 9.16. The Kier molecular flexibility index (Phi) is 17.3. The number of thioether (sulfide) groups is 1. The number of rotatable bonds is 17. The van der Waals surface area contributed by atoms with Gasteiger partial charge in [-0.3, -0.25) is 9.59 Å². The van der Waals surface area contributed by atoms with Crippen LogP contribution < -0.4 is 16.5 Å². The minimum absolute atomic E-state index is 0. The number of carbonyl (C=O) groups excluding carboxylic acids is 2. The number of aryl methyl sites for hydroxylation is 1. The Hall–Kier alpha value is -2.64. The van der Waals surface area contributed by atoms with Gasteiger partial charge in [-0.05, 0) is 37.7 Å². The third-order valence-corrected chi connectivity index (χ3v) is 6.40. The number of nitrogens with zero attached hydrogens (tertiary/aromatic N) is 2. The van der Waals surface area contributed by atoms with E-state index in [-0.39, 0.29) is 38.1 Å². The number of Topliss-reactive ketones (excluding diaryl/α,β-unsaturated/α-hetero) is 1. The normalized spacial score (nSPS) is 12.9. The van der Waals surface area contributed by atoms with Gasteiger partial charge in [0.1, 0.15) is 5.78 Å². The average Bonchev–Trinajstić information content (AvgIpc) is 2.78. The van der Waals surface area contributed by atoms with E-state index in [1.807, 2.05) is 32.9 Å². The number of nitro groups is 1. The zero-order chi connectivity index (χ0) is 27.1. The molecular weight excluding hydrogens is 497 g/mol. The molecular formula is C24H42BN5O6S. The molecule has 208 valence electrons. The van der Waals surface area contributed by atoms with Crippen LogP contribution in [0.2, 0.25) is 0 Å². The summed E-state index contributed by atoms with van der Waals surface area (Å²) in [6, 6.07) is 8.21. The summed E-state index contributed by atoms with van der Waals surface area (Å²) in [6.45, 7) is 5.96. The van der Waals surface area contributed by atoms with Crippen molar-refractivity contribution in [1.29, 1.82) is 0 Å². The minimum atomic E-state index is -1.72. The van der Waals surface area contributed by atoms with Gasteiger partial charge in [0.25, 0.3) is 5.96 Å². The lowest BCUT2D eigenvalue weighted by molar-refractivity contribution is -0.525. The van der Waals surface area contributed by atoms with Crippen molar-refractivity contribution in [2.75, 3.05) is 12.3 Å². The van der Waals surface area contributed by atoms with Crippen molar-refractivity contribution in [3.63, 3.8) is 0 Å². The molecule has 0 saturated carbocycles. The molecule has 0 aromatic heterocycles. The van der Waals surface area contributed by atoms with E-state index in [4.69, 9.17) is 5.73 Å². The van der Waals surface area contributed by atoms with E-state index < -0.39 is 29.9 Å². The van der Waals surface area contributed by atoms with Crippen molar-refractivity contribution in [3.8, 4) is 0 Å². The van der Waals surface area contributed by atoms with E-state index in [1.54, 1.807) is 17.2 Å². The van der Waals surface area contributed by atoms with Crippen molar-refractivity contribution in [1.82, 2.24) is 10.7 Å². The Morgan fingerprint density at radius 3 is 2.46 bits per heavy atom. The number of ketones is 1. The van der Waals surface area contributed by atoms with Crippen LogP contribution in [0.1, 0.15) is 64.5 Å². The van der Waals surface area contributed by atoms with Crippen LogP contribution in [0.25, 0.3) is 0 Å². The Balaban J connectivity index is 0.0000130. The third-order valence-electron chi connectivity index (χ3n) is 5.37. The van der Waals surface area contributed by atoms with Gasteiger partial charge in [0.2, 0.25) is 5.91 Å². The third kappa shape index (κ3) is 15.9. The maximum Gasteiger partial charge on any atom is 0.475 e. The average molecular weight is 540 g/mol. The van der Waals surface area contributed by atoms with Gasteiger partial charge in [-0.15, -0.1) is 0 Å². The molecule has 2 atom stereocenters. The molecule has 0 spiro atoms. The summed E-state index contributed by atoms with van der Waals surface area (Å²) >= 11 is 1.65. The van der Waals surface area contributed by atoms with E-state index >= 15 is 0 Å². The highest BCUT2D eigenvalue weighted by Crippen LogP contribution is 2.18. The molecule has 0 heterocycles. The number of benzene rings is 1. The molecule has 1 rings (SSSR count). The first-order chi connectivity index (χ1) is 17.0. The highest BCUT2D eigenvalue weighted by atomic mass is 32.2. The quantitative estimate of drug-likeness (QED) is 0.0495. The topological polar surface area (TPSA) is 180 Å². The molecule has 0 aliphatic heterocycles. The van der Waals surface area contributed by atoms with Crippen molar-refractivity contribution in [2.45, 2.75) is 72.0 Å². The van der Waals surface area contributed by atoms with Gasteiger partial charge in [-0.25, -0.2) is 15.1 Å². The first-order valence-corrected chi connectivity index (χ1v) is 13.2. The van der Waals surface area contributed by atoms with Gasteiger partial charge in [0.05, 0.1) is 5.94 Å². The molecule has 0 radical (unpaired) electrons. The summed E-state index contributed by atoms with van der Waals surface area (Å²) in [5.41, 5.74) is 9.52. The van der Waals surface area contributed by atoms with Crippen LogP contribution in [0.5, 0.6) is 0 Å². The van der Waals surface area contributed by atoms with Gasteiger partial charge >= 0.3 is 7.12 Å². The lowest BCUT2D eigenvalue weighted by Gasteiger charge is -2.23. The highest BCUT2D eigenvalue weighted by molar-refractivity contribution is 7.98. The van der Waals surface area contributed by atoms with Gasteiger partial charge in [0, 0.05) is 36.8 Å². The van der Waals surface area contributed by atoms with Crippen molar-refractivity contribution in [2.24, 2.45) is 22.6 Å². The van der Waals surface area contributed by atoms with Crippen LogP contribution in [0.4, 0.5) is 0 Å². The molecule has 0 unspecified atom stereocenters. The van der Waals surface area contributed by atoms with E-state index in [2.05, 4.69) is 22.4 Å². The zero-order valence-corrected chi connectivity index (χ0v) is 22.0. The monoisotopic (exact) mass is 539 g/mol. The Bertz CT molecular complexity index is 870. The Morgan fingerprint density at radius 2 is 1.89 bits per heavy atom. The highest BCUT2D eigenvalue weighted by Gasteiger charge is 2.29. The van der Waals surface area contributed by atoms with Crippen LogP contribution >= 0.6 is 11.8 Å². The molecule has 0 bridgehead atoms. The number of hydrogen-bond donors (Lipinski definition) is 5. The predicted molar refractivity (Wildman–Crippen MR) is 149 cm³/mol. The van der Waals surface area contributed by atoms with Crippen molar-refractivity contribution >= 4 is 36.5 Å². The van der Waals surface area contributed by atoms with E-state index in [1.165, 1.54) is 11.1 Å². The smallest absolute Gasteiger partial charge is 0.426 e. The summed E-state index contributed by atoms with van der Waals surface area (Å²) in [6.07, 6.45) is 1.35. The largest absolute Gasteiger partial charge is 0.475 e. The number of guanidine groups is 1. The molecule has 1 aromatic rings. The van der Waals surface area contributed by atoms with Crippen LogP contribution in [0, 0.1) is 28.9 Å². The summed E-state index contributed by atoms with van der Waals surface area (Å²) in [7, 11) is -1.72. The number of carbonyl (C=O) groups is 2. The minimum Gasteiger partial charge on any atom is -0.426 e.